The number of ketones is 1. The quantitative estimate of drug-likeness (QED) is 0.733. The van der Waals surface area contributed by atoms with Crippen molar-refractivity contribution in [3.8, 4) is 0 Å². The number of hydrogen-bond donors (Lipinski definition) is 0. The van der Waals surface area contributed by atoms with Crippen molar-refractivity contribution in [2.75, 3.05) is 0 Å². The van der Waals surface area contributed by atoms with Gasteiger partial charge in [-0.1, -0.05) is 55.5 Å². The van der Waals surface area contributed by atoms with Gasteiger partial charge in [0.2, 0.25) is 0 Å². The number of benzene rings is 1. The normalized spacial score (nSPS) is 24.0. The topological polar surface area (TPSA) is 17.1 Å². The second-order valence-corrected chi connectivity index (χ2v) is 4.34. The molecule has 2 rings (SSSR count). The molecule has 0 spiro atoms. The van der Waals surface area contributed by atoms with Gasteiger partial charge in [0.05, 0.1) is 0 Å². The van der Waals surface area contributed by atoms with Crippen LogP contribution in [0.4, 0.5) is 0 Å². The smallest absolute Gasteiger partial charge is 0.137 e. The Balaban J connectivity index is 2.26. The average molecular weight is 212 g/mol. The molecular weight excluding hydrogens is 196 g/mol. The number of rotatable bonds is 2. The number of hydrogen-bond acceptors (Lipinski definition) is 1. The van der Waals surface area contributed by atoms with E-state index in [0.29, 0.717) is 0 Å². The van der Waals surface area contributed by atoms with E-state index in [1.54, 1.807) is 6.92 Å². The minimum Gasteiger partial charge on any atom is -0.299 e. The van der Waals surface area contributed by atoms with Gasteiger partial charge < -0.3 is 0 Å². The predicted octanol–water partition coefficient (Wildman–Crippen LogP) is 3.48. The molecule has 0 fully saturated rings. The van der Waals surface area contributed by atoms with Crippen molar-refractivity contribution in [1.82, 2.24) is 0 Å². The first kappa shape index (κ1) is 10.9. The third kappa shape index (κ3) is 2.13. The van der Waals surface area contributed by atoms with E-state index < -0.39 is 0 Å². The molecule has 2 unspecified atom stereocenters. The van der Waals surface area contributed by atoms with Crippen LogP contribution in [0.2, 0.25) is 0 Å². The second kappa shape index (κ2) is 4.48. The summed E-state index contributed by atoms with van der Waals surface area (Å²) in [7, 11) is 0. The molecule has 1 aromatic rings. The van der Waals surface area contributed by atoms with Gasteiger partial charge in [-0.15, -0.1) is 0 Å². The van der Waals surface area contributed by atoms with Gasteiger partial charge in [-0.2, -0.15) is 0 Å². The van der Waals surface area contributed by atoms with E-state index >= 15 is 0 Å². The summed E-state index contributed by atoms with van der Waals surface area (Å²) in [5, 5.41) is 0. The Morgan fingerprint density at radius 3 is 2.44 bits per heavy atom. The largest absolute Gasteiger partial charge is 0.299 e. The summed E-state index contributed by atoms with van der Waals surface area (Å²) in [4.78, 5) is 11.4. The lowest BCUT2D eigenvalue weighted by Crippen LogP contribution is -2.18. The molecule has 0 heterocycles. The first-order chi connectivity index (χ1) is 7.68. The van der Waals surface area contributed by atoms with Crippen molar-refractivity contribution in [3.63, 3.8) is 0 Å². The second-order valence-electron chi connectivity index (χ2n) is 4.34. The highest BCUT2D eigenvalue weighted by Crippen LogP contribution is 2.28. The molecule has 82 valence electrons. The molecule has 16 heavy (non-hydrogen) atoms. The molecule has 0 N–H and O–H groups in total. The SMILES string of the molecule is CC(=O)C1C=CC(c2ccccc2)=CC1C. The van der Waals surface area contributed by atoms with Crippen molar-refractivity contribution in [2.24, 2.45) is 11.8 Å². The molecule has 0 radical (unpaired) electrons. The van der Waals surface area contributed by atoms with Crippen LogP contribution in [0.1, 0.15) is 19.4 Å². The first-order valence-electron chi connectivity index (χ1n) is 5.64. The van der Waals surface area contributed by atoms with Gasteiger partial charge in [-0.05, 0) is 24.0 Å². The van der Waals surface area contributed by atoms with Gasteiger partial charge >= 0.3 is 0 Å². The van der Waals surface area contributed by atoms with Crippen LogP contribution >= 0.6 is 0 Å². The minimum absolute atomic E-state index is 0.0486. The molecule has 0 saturated carbocycles. The highest BCUT2D eigenvalue weighted by atomic mass is 16.1. The summed E-state index contributed by atoms with van der Waals surface area (Å²) < 4.78 is 0. The van der Waals surface area contributed by atoms with E-state index in [4.69, 9.17) is 0 Å². The highest BCUT2D eigenvalue weighted by Gasteiger charge is 2.20. The van der Waals surface area contributed by atoms with E-state index in [2.05, 4.69) is 31.2 Å². The fraction of sp³-hybridized carbons (Fsp3) is 0.267. The van der Waals surface area contributed by atoms with Crippen molar-refractivity contribution in [3.05, 3.63) is 54.1 Å². The van der Waals surface area contributed by atoms with Crippen LogP contribution in [-0.4, -0.2) is 5.78 Å². The molecule has 0 aliphatic heterocycles. The predicted molar refractivity (Wildman–Crippen MR) is 66.9 cm³/mol. The van der Waals surface area contributed by atoms with E-state index in [1.807, 2.05) is 24.3 Å². The molecule has 0 bridgehead atoms. The van der Waals surface area contributed by atoms with E-state index in [9.17, 15) is 4.79 Å². The Labute approximate surface area is 96.5 Å². The van der Waals surface area contributed by atoms with Crippen molar-refractivity contribution in [2.45, 2.75) is 13.8 Å². The van der Waals surface area contributed by atoms with Crippen LogP contribution in [-0.2, 0) is 4.79 Å². The Kier molecular flexibility index (Phi) is 3.04. The third-order valence-electron chi connectivity index (χ3n) is 3.07. The lowest BCUT2D eigenvalue weighted by atomic mass is 9.83. The summed E-state index contributed by atoms with van der Waals surface area (Å²) in [6.45, 7) is 3.76. The van der Waals surface area contributed by atoms with Gasteiger partial charge in [0.15, 0.2) is 0 Å². The maximum Gasteiger partial charge on any atom is 0.137 e. The van der Waals surface area contributed by atoms with Gasteiger partial charge in [-0.25, -0.2) is 0 Å². The van der Waals surface area contributed by atoms with Crippen LogP contribution in [0.5, 0.6) is 0 Å². The summed E-state index contributed by atoms with van der Waals surface area (Å²) in [5.74, 6) is 0.581. The fourth-order valence-electron chi connectivity index (χ4n) is 2.15. The van der Waals surface area contributed by atoms with Gasteiger partial charge in [-0.3, -0.25) is 4.79 Å². The molecule has 0 amide bonds. The Hall–Kier alpha value is -1.63. The summed E-state index contributed by atoms with van der Waals surface area (Å²) in [6.07, 6.45) is 6.26. The lowest BCUT2D eigenvalue weighted by molar-refractivity contribution is -0.120. The molecule has 0 saturated heterocycles. The molecule has 1 aliphatic carbocycles. The van der Waals surface area contributed by atoms with E-state index in [-0.39, 0.29) is 17.6 Å². The fourth-order valence-corrected chi connectivity index (χ4v) is 2.15. The minimum atomic E-state index is 0.0486. The van der Waals surface area contributed by atoms with Crippen molar-refractivity contribution < 1.29 is 4.79 Å². The van der Waals surface area contributed by atoms with Crippen molar-refractivity contribution in [1.29, 1.82) is 0 Å². The summed E-state index contributed by atoms with van der Waals surface area (Å²) >= 11 is 0. The van der Waals surface area contributed by atoms with Crippen LogP contribution in [0.25, 0.3) is 5.57 Å². The zero-order chi connectivity index (χ0) is 11.5. The number of carbonyl (C=O) groups excluding carboxylic acids is 1. The molecule has 1 aromatic carbocycles. The molecule has 1 aliphatic rings. The van der Waals surface area contributed by atoms with Gasteiger partial charge in [0, 0.05) is 5.92 Å². The third-order valence-corrected chi connectivity index (χ3v) is 3.07. The van der Waals surface area contributed by atoms with E-state index in [1.165, 1.54) is 11.1 Å². The molecular formula is C15H16O. The first-order valence-corrected chi connectivity index (χ1v) is 5.64. The monoisotopic (exact) mass is 212 g/mol. The zero-order valence-electron chi connectivity index (χ0n) is 9.68. The van der Waals surface area contributed by atoms with Crippen LogP contribution < -0.4 is 0 Å². The molecule has 1 nitrogen and oxygen atoms in total. The maximum atomic E-state index is 11.4. The molecule has 2 atom stereocenters. The Morgan fingerprint density at radius 2 is 1.88 bits per heavy atom. The van der Waals surface area contributed by atoms with Crippen LogP contribution in [0.3, 0.4) is 0 Å². The van der Waals surface area contributed by atoms with Crippen molar-refractivity contribution >= 4 is 11.4 Å². The Morgan fingerprint density at radius 1 is 1.19 bits per heavy atom. The van der Waals surface area contributed by atoms with E-state index in [0.717, 1.165) is 0 Å². The van der Waals surface area contributed by atoms with Gasteiger partial charge in [0.1, 0.15) is 5.78 Å². The number of Topliss-reactive ketones (excluding diaryl/α,β-unsaturated/α-hetero) is 1. The zero-order valence-corrected chi connectivity index (χ0v) is 9.68. The molecule has 1 heteroatoms. The number of allylic oxidation sites excluding steroid dienone is 4. The standard InChI is InChI=1S/C15H16O/c1-11-10-14(8-9-15(11)12(2)16)13-6-4-3-5-7-13/h3-11,15H,1-2H3. The summed E-state index contributed by atoms with van der Waals surface area (Å²) in [6, 6.07) is 10.3. The van der Waals surface area contributed by atoms with Gasteiger partial charge in [0.25, 0.3) is 0 Å². The van der Waals surface area contributed by atoms with Crippen LogP contribution in [0.15, 0.2) is 48.6 Å². The Bertz CT molecular complexity index is 440. The maximum absolute atomic E-state index is 11.4. The highest BCUT2D eigenvalue weighted by molar-refractivity contribution is 5.84. The number of carbonyl (C=O) groups is 1. The molecule has 0 aromatic heterocycles. The van der Waals surface area contributed by atoms with Crippen LogP contribution in [0, 0.1) is 11.8 Å². The average Bonchev–Trinajstić information content (AvgIpc) is 2.29. The summed E-state index contributed by atoms with van der Waals surface area (Å²) in [5.41, 5.74) is 2.43. The lowest BCUT2D eigenvalue weighted by Gasteiger charge is -2.20.